The summed E-state index contributed by atoms with van der Waals surface area (Å²) in [7, 11) is 1.23. The lowest BCUT2D eigenvalue weighted by molar-refractivity contribution is 0.494. The van der Waals surface area contributed by atoms with Crippen molar-refractivity contribution in [2.75, 3.05) is 7.05 Å². The van der Waals surface area contributed by atoms with Crippen LogP contribution in [0.4, 0.5) is 0 Å². The van der Waals surface area contributed by atoms with Gasteiger partial charge in [-0.3, -0.25) is 4.21 Å². The molecule has 0 amide bonds. The maximum atomic E-state index is 12.9. The fourth-order valence-corrected chi connectivity index (χ4v) is 5.33. The van der Waals surface area contributed by atoms with Crippen LogP contribution in [-0.4, -0.2) is 21.8 Å². The molecule has 0 spiro atoms. The van der Waals surface area contributed by atoms with Gasteiger partial charge in [0, 0.05) is 22.1 Å². The lowest BCUT2D eigenvalue weighted by Crippen LogP contribution is -2.35. The van der Waals surface area contributed by atoms with Crippen LogP contribution < -0.4 is 5.32 Å². The Kier molecular flexibility index (Phi) is 6.43. The highest BCUT2D eigenvalue weighted by Gasteiger charge is 2.29. The van der Waals surface area contributed by atoms with E-state index in [2.05, 4.69) is 43.4 Å². The van der Waals surface area contributed by atoms with E-state index in [1.165, 1.54) is 30.4 Å². The molecule has 0 aliphatic heterocycles. The van der Waals surface area contributed by atoms with Gasteiger partial charge in [0.1, 0.15) is 0 Å². The van der Waals surface area contributed by atoms with E-state index in [0.29, 0.717) is 5.25 Å². The number of benzene rings is 1. The van der Waals surface area contributed by atoms with E-state index in [1.54, 1.807) is 0 Å². The molecular formula is C18H29NOS. The molecule has 0 bridgehead atoms. The Bertz CT molecular complexity index is 451. The van der Waals surface area contributed by atoms with E-state index in [4.69, 9.17) is 0 Å². The molecular weight excluding hydrogens is 278 g/mol. The standard InChI is InChI=1S/C18H29NOS/c1-4-15-10-12-16(13-11-15)18(19-3)14(2)21(20)17-8-6-5-7-9-17/h10-14,17-19H,4-9H2,1-3H3. The fourth-order valence-electron chi connectivity index (χ4n) is 3.37. The Hall–Kier alpha value is -0.670. The van der Waals surface area contributed by atoms with Gasteiger partial charge in [-0.1, -0.05) is 50.5 Å². The molecule has 1 aliphatic carbocycles. The van der Waals surface area contributed by atoms with Gasteiger partial charge in [0.05, 0.1) is 5.25 Å². The van der Waals surface area contributed by atoms with E-state index < -0.39 is 10.8 Å². The van der Waals surface area contributed by atoms with Crippen molar-refractivity contribution in [3.05, 3.63) is 35.4 Å². The van der Waals surface area contributed by atoms with Crippen molar-refractivity contribution in [3.8, 4) is 0 Å². The topological polar surface area (TPSA) is 29.1 Å². The molecule has 3 atom stereocenters. The minimum Gasteiger partial charge on any atom is -0.312 e. The van der Waals surface area contributed by atoms with Crippen molar-refractivity contribution in [3.63, 3.8) is 0 Å². The number of nitrogens with one attached hydrogen (secondary N) is 1. The highest BCUT2D eigenvalue weighted by Crippen LogP contribution is 2.28. The summed E-state index contributed by atoms with van der Waals surface area (Å²) in [5, 5.41) is 3.94. The summed E-state index contributed by atoms with van der Waals surface area (Å²) in [6, 6.07) is 8.94. The molecule has 0 heterocycles. The van der Waals surface area contributed by atoms with Gasteiger partial charge in [-0.25, -0.2) is 0 Å². The quantitative estimate of drug-likeness (QED) is 0.861. The van der Waals surface area contributed by atoms with Crippen molar-refractivity contribution in [1.29, 1.82) is 0 Å². The Balaban J connectivity index is 2.09. The highest BCUT2D eigenvalue weighted by molar-refractivity contribution is 7.86. The minimum atomic E-state index is -0.751. The van der Waals surface area contributed by atoms with E-state index in [1.807, 2.05) is 7.05 Å². The molecule has 118 valence electrons. The molecule has 2 nitrogen and oxygen atoms in total. The third kappa shape index (κ3) is 4.17. The summed E-state index contributed by atoms with van der Waals surface area (Å²) in [4.78, 5) is 0. The van der Waals surface area contributed by atoms with Crippen LogP contribution >= 0.6 is 0 Å². The summed E-state index contributed by atoms with van der Waals surface area (Å²) in [5.74, 6) is 0. The van der Waals surface area contributed by atoms with Gasteiger partial charge in [-0.2, -0.15) is 0 Å². The molecule has 21 heavy (non-hydrogen) atoms. The van der Waals surface area contributed by atoms with Crippen LogP contribution in [-0.2, 0) is 17.2 Å². The van der Waals surface area contributed by atoms with Gasteiger partial charge in [0.2, 0.25) is 0 Å². The van der Waals surface area contributed by atoms with Crippen LogP contribution in [0.2, 0.25) is 0 Å². The summed E-state index contributed by atoms with van der Waals surface area (Å²) in [5.41, 5.74) is 2.61. The molecule has 1 N–H and O–H groups in total. The smallest absolute Gasteiger partial charge is 0.0517 e. The normalized spacial score (nSPS) is 20.9. The number of aryl methyl sites for hydroxylation is 1. The molecule has 1 saturated carbocycles. The van der Waals surface area contributed by atoms with Gasteiger partial charge < -0.3 is 5.32 Å². The molecule has 1 aromatic rings. The van der Waals surface area contributed by atoms with Crippen LogP contribution in [0.25, 0.3) is 0 Å². The number of hydrogen-bond acceptors (Lipinski definition) is 2. The summed E-state index contributed by atoms with van der Waals surface area (Å²) >= 11 is 0. The molecule has 1 aliphatic rings. The fraction of sp³-hybridized carbons (Fsp3) is 0.667. The molecule has 3 heteroatoms. The van der Waals surface area contributed by atoms with Gasteiger partial charge in [-0.15, -0.1) is 0 Å². The van der Waals surface area contributed by atoms with Crippen molar-refractivity contribution in [1.82, 2.24) is 5.32 Å². The molecule has 0 radical (unpaired) electrons. The van der Waals surface area contributed by atoms with Gasteiger partial charge >= 0.3 is 0 Å². The van der Waals surface area contributed by atoms with E-state index in [0.717, 1.165) is 19.3 Å². The summed E-state index contributed by atoms with van der Waals surface area (Å²) < 4.78 is 12.9. The lowest BCUT2D eigenvalue weighted by atomic mass is 10.0. The second kappa shape index (κ2) is 8.09. The third-order valence-corrected chi connectivity index (χ3v) is 6.91. The first-order valence-corrected chi connectivity index (χ1v) is 9.60. The maximum Gasteiger partial charge on any atom is 0.0517 e. The van der Waals surface area contributed by atoms with Crippen LogP contribution in [0, 0.1) is 0 Å². The SMILES string of the molecule is CCc1ccc(C(NC)C(C)S(=O)C2CCCCC2)cc1. The lowest BCUT2D eigenvalue weighted by Gasteiger charge is -2.29. The van der Waals surface area contributed by atoms with Gasteiger partial charge in [-0.05, 0) is 44.4 Å². The van der Waals surface area contributed by atoms with Crippen LogP contribution in [0.5, 0.6) is 0 Å². The maximum absolute atomic E-state index is 12.9. The van der Waals surface area contributed by atoms with E-state index in [9.17, 15) is 4.21 Å². The van der Waals surface area contributed by atoms with Crippen molar-refractivity contribution >= 4 is 10.8 Å². The molecule has 0 saturated heterocycles. The van der Waals surface area contributed by atoms with Crippen LogP contribution in [0.15, 0.2) is 24.3 Å². The summed E-state index contributed by atoms with van der Waals surface area (Å²) in [6.07, 6.45) is 7.16. The minimum absolute atomic E-state index is 0.158. The second-order valence-corrected chi connectivity index (χ2v) is 8.22. The van der Waals surface area contributed by atoms with E-state index in [-0.39, 0.29) is 11.3 Å². The average Bonchev–Trinajstić information content (AvgIpc) is 2.56. The first-order valence-electron chi connectivity index (χ1n) is 8.32. The number of hydrogen-bond donors (Lipinski definition) is 1. The molecule has 3 unspecified atom stereocenters. The molecule has 1 fully saturated rings. The molecule has 0 aromatic heterocycles. The molecule has 2 rings (SSSR count). The highest BCUT2D eigenvalue weighted by atomic mass is 32.2. The van der Waals surface area contributed by atoms with Crippen molar-refractivity contribution in [2.45, 2.75) is 68.9 Å². The monoisotopic (exact) mass is 307 g/mol. The van der Waals surface area contributed by atoms with Gasteiger partial charge in [0.15, 0.2) is 0 Å². The van der Waals surface area contributed by atoms with Crippen LogP contribution in [0.3, 0.4) is 0 Å². The van der Waals surface area contributed by atoms with E-state index >= 15 is 0 Å². The van der Waals surface area contributed by atoms with Crippen LogP contribution in [0.1, 0.15) is 63.1 Å². The zero-order valence-corrected chi connectivity index (χ0v) is 14.4. The Morgan fingerprint density at radius 3 is 2.33 bits per heavy atom. The Morgan fingerprint density at radius 2 is 1.81 bits per heavy atom. The van der Waals surface area contributed by atoms with Crippen molar-refractivity contribution in [2.24, 2.45) is 0 Å². The zero-order chi connectivity index (χ0) is 15.2. The second-order valence-electron chi connectivity index (χ2n) is 6.16. The third-order valence-electron chi connectivity index (χ3n) is 4.77. The largest absolute Gasteiger partial charge is 0.312 e. The first-order chi connectivity index (χ1) is 10.2. The first kappa shape index (κ1) is 16.7. The predicted octanol–water partition coefficient (Wildman–Crippen LogP) is 3.98. The van der Waals surface area contributed by atoms with Gasteiger partial charge in [0.25, 0.3) is 0 Å². The summed E-state index contributed by atoms with van der Waals surface area (Å²) in [6.45, 7) is 4.31. The predicted molar refractivity (Wildman–Crippen MR) is 92.1 cm³/mol. The number of rotatable bonds is 6. The Morgan fingerprint density at radius 1 is 1.19 bits per heavy atom. The zero-order valence-electron chi connectivity index (χ0n) is 13.6. The average molecular weight is 308 g/mol. The Labute approximate surface area is 132 Å². The molecule has 1 aromatic carbocycles. The van der Waals surface area contributed by atoms with Crippen molar-refractivity contribution < 1.29 is 4.21 Å².